The van der Waals surface area contributed by atoms with Crippen LogP contribution in [0.1, 0.15) is 20.7 Å². The van der Waals surface area contributed by atoms with Gasteiger partial charge >= 0.3 is 0 Å². The summed E-state index contributed by atoms with van der Waals surface area (Å²) in [4.78, 5) is 23.1. The van der Waals surface area contributed by atoms with Crippen molar-refractivity contribution < 1.29 is 9.59 Å². The van der Waals surface area contributed by atoms with E-state index >= 15 is 0 Å². The predicted molar refractivity (Wildman–Crippen MR) is 95.1 cm³/mol. The molecule has 5 aromatic carbocycles. The molecule has 24 heavy (non-hydrogen) atoms. The lowest BCUT2D eigenvalue weighted by Gasteiger charge is -2.15. The third kappa shape index (κ3) is 2.01. The standard InChI is InChI=1S/C20H14N2O2/c21-19(23)14-7-1-11(2-8-14)15-9-10-16(20(22)24)18-13-5-3-12(4-6-13)17(15)18/h1-10H,(H2,21,23)(H2,22,24). The molecule has 5 aromatic rings. The Morgan fingerprint density at radius 2 is 1.21 bits per heavy atom. The Morgan fingerprint density at radius 1 is 0.625 bits per heavy atom. The van der Waals surface area contributed by atoms with Gasteiger partial charge in [-0.2, -0.15) is 0 Å². The molecule has 2 bridgehead atoms. The van der Waals surface area contributed by atoms with Gasteiger partial charge in [-0.15, -0.1) is 0 Å². The molecule has 116 valence electrons. The van der Waals surface area contributed by atoms with Gasteiger partial charge in [0, 0.05) is 16.5 Å². The maximum absolute atomic E-state index is 11.8. The zero-order valence-electron chi connectivity index (χ0n) is 12.7. The summed E-state index contributed by atoms with van der Waals surface area (Å²) < 4.78 is 0. The molecule has 0 aliphatic heterocycles. The van der Waals surface area contributed by atoms with E-state index in [0.29, 0.717) is 11.1 Å². The number of hydrogen-bond donors (Lipinski definition) is 2. The van der Waals surface area contributed by atoms with E-state index in [9.17, 15) is 9.59 Å². The van der Waals surface area contributed by atoms with Crippen molar-refractivity contribution >= 4 is 33.4 Å². The number of rotatable bonds is 3. The number of benzene rings is 5. The maximum atomic E-state index is 11.8. The molecule has 0 unspecified atom stereocenters. The van der Waals surface area contributed by atoms with E-state index < -0.39 is 11.8 Å². The molecular formula is C20H14N2O2. The molecule has 0 heterocycles. The van der Waals surface area contributed by atoms with Crippen LogP contribution in [0.25, 0.3) is 32.7 Å². The molecule has 4 heteroatoms. The highest BCUT2D eigenvalue weighted by Gasteiger charge is 2.16. The van der Waals surface area contributed by atoms with E-state index in [1.54, 1.807) is 18.2 Å². The Kier molecular flexibility index (Phi) is 3.00. The number of primary amides is 2. The molecule has 0 atom stereocenters. The van der Waals surface area contributed by atoms with Gasteiger partial charge in [0.15, 0.2) is 0 Å². The fourth-order valence-corrected chi connectivity index (χ4v) is 3.27. The average molecular weight is 314 g/mol. The van der Waals surface area contributed by atoms with Gasteiger partial charge in [-0.25, -0.2) is 0 Å². The highest BCUT2D eigenvalue weighted by atomic mass is 16.1. The van der Waals surface area contributed by atoms with Gasteiger partial charge in [-0.1, -0.05) is 42.5 Å². The minimum Gasteiger partial charge on any atom is -0.366 e. The number of carbonyl (C=O) groups excluding carboxylic acids is 2. The van der Waals surface area contributed by atoms with Crippen molar-refractivity contribution in [3.8, 4) is 11.1 Å². The third-order valence-corrected chi connectivity index (χ3v) is 4.41. The summed E-state index contributed by atoms with van der Waals surface area (Å²) in [5.74, 6) is -0.896. The first-order valence-corrected chi connectivity index (χ1v) is 7.54. The van der Waals surface area contributed by atoms with Crippen LogP contribution in [0, 0.1) is 0 Å². The normalized spacial score (nSPS) is 11.2. The second-order valence-corrected chi connectivity index (χ2v) is 5.79. The Balaban J connectivity index is 2.04. The molecular weight excluding hydrogens is 300 g/mol. The lowest BCUT2D eigenvalue weighted by Crippen LogP contribution is -2.12. The maximum Gasteiger partial charge on any atom is 0.249 e. The molecule has 0 radical (unpaired) electrons. The van der Waals surface area contributed by atoms with Gasteiger partial charge in [-0.3, -0.25) is 9.59 Å². The minimum atomic E-state index is -0.456. The second-order valence-electron chi connectivity index (χ2n) is 5.79. The van der Waals surface area contributed by atoms with Crippen LogP contribution < -0.4 is 11.5 Å². The second kappa shape index (κ2) is 5.06. The Morgan fingerprint density at radius 3 is 1.75 bits per heavy atom. The molecule has 5 rings (SSSR count). The fourth-order valence-electron chi connectivity index (χ4n) is 3.27. The number of amides is 2. The topological polar surface area (TPSA) is 86.2 Å². The summed E-state index contributed by atoms with van der Waals surface area (Å²) in [7, 11) is 0. The minimum absolute atomic E-state index is 0.440. The largest absolute Gasteiger partial charge is 0.366 e. The van der Waals surface area contributed by atoms with Crippen molar-refractivity contribution in [1.29, 1.82) is 0 Å². The van der Waals surface area contributed by atoms with Crippen molar-refractivity contribution in [2.45, 2.75) is 0 Å². The molecule has 4 N–H and O–H groups in total. The highest BCUT2D eigenvalue weighted by Crippen LogP contribution is 2.38. The van der Waals surface area contributed by atoms with Gasteiger partial charge in [-0.05, 0) is 45.5 Å². The van der Waals surface area contributed by atoms with E-state index in [2.05, 4.69) is 0 Å². The smallest absolute Gasteiger partial charge is 0.249 e. The molecule has 0 aromatic heterocycles. The van der Waals surface area contributed by atoms with Crippen molar-refractivity contribution in [3.63, 3.8) is 0 Å². The van der Waals surface area contributed by atoms with Crippen molar-refractivity contribution in [2.75, 3.05) is 0 Å². The number of fused-ring (bicyclic) bond motifs is 2. The van der Waals surface area contributed by atoms with Gasteiger partial charge < -0.3 is 11.5 Å². The fraction of sp³-hybridized carbons (Fsp3) is 0. The van der Waals surface area contributed by atoms with E-state index in [1.165, 1.54) is 0 Å². The number of carbonyl (C=O) groups is 2. The van der Waals surface area contributed by atoms with Crippen molar-refractivity contribution in [2.24, 2.45) is 11.5 Å². The van der Waals surface area contributed by atoms with E-state index in [-0.39, 0.29) is 0 Å². The molecule has 0 fully saturated rings. The van der Waals surface area contributed by atoms with Crippen LogP contribution in [0.3, 0.4) is 0 Å². The monoisotopic (exact) mass is 314 g/mol. The first kappa shape index (κ1) is 14.2. The van der Waals surface area contributed by atoms with Gasteiger partial charge in [0.2, 0.25) is 11.8 Å². The quantitative estimate of drug-likeness (QED) is 0.608. The third-order valence-electron chi connectivity index (χ3n) is 4.41. The Hall–Kier alpha value is -3.40. The SMILES string of the molecule is NC(=O)c1ccc(-c2ccc(C(N)=O)c3c4ccc(cc4)c23)cc1. The van der Waals surface area contributed by atoms with E-state index in [1.807, 2.05) is 42.5 Å². The van der Waals surface area contributed by atoms with Crippen LogP contribution in [-0.2, 0) is 0 Å². The summed E-state index contributed by atoms with van der Waals surface area (Å²) >= 11 is 0. The molecule has 0 saturated carbocycles. The highest BCUT2D eigenvalue weighted by molar-refractivity contribution is 6.22. The predicted octanol–water partition coefficient (Wildman–Crippen LogP) is 3.30. The van der Waals surface area contributed by atoms with Crippen molar-refractivity contribution in [3.05, 3.63) is 71.8 Å². The average Bonchev–Trinajstić information content (AvgIpc) is 2.61. The van der Waals surface area contributed by atoms with Crippen LogP contribution in [0.4, 0.5) is 0 Å². The molecule has 0 spiro atoms. The number of nitrogens with two attached hydrogens (primary N) is 2. The zero-order chi connectivity index (χ0) is 16.8. The molecule has 0 aliphatic rings. The van der Waals surface area contributed by atoms with Crippen LogP contribution in [0.15, 0.2) is 60.7 Å². The van der Waals surface area contributed by atoms with Crippen molar-refractivity contribution in [1.82, 2.24) is 0 Å². The lowest BCUT2D eigenvalue weighted by molar-refractivity contribution is 0.0992. The van der Waals surface area contributed by atoms with Crippen LogP contribution in [-0.4, -0.2) is 11.8 Å². The Labute approximate surface area is 138 Å². The van der Waals surface area contributed by atoms with Crippen LogP contribution >= 0.6 is 0 Å². The van der Waals surface area contributed by atoms with Gasteiger partial charge in [0.1, 0.15) is 0 Å². The molecule has 0 aliphatic carbocycles. The number of hydrogen-bond acceptors (Lipinski definition) is 2. The van der Waals surface area contributed by atoms with Gasteiger partial charge in [0.05, 0.1) is 0 Å². The molecule has 4 nitrogen and oxygen atoms in total. The van der Waals surface area contributed by atoms with Gasteiger partial charge in [0.25, 0.3) is 0 Å². The molecule has 0 saturated heterocycles. The summed E-state index contributed by atoms with van der Waals surface area (Å²) in [6.45, 7) is 0. The van der Waals surface area contributed by atoms with E-state index in [4.69, 9.17) is 11.5 Å². The lowest BCUT2D eigenvalue weighted by atomic mass is 9.89. The first-order chi connectivity index (χ1) is 11.6. The summed E-state index contributed by atoms with van der Waals surface area (Å²) in [5, 5.41) is 3.89. The molecule has 2 amide bonds. The summed E-state index contributed by atoms with van der Waals surface area (Å²) in [5.41, 5.74) is 13.8. The summed E-state index contributed by atoms with van der Waals surface area (Å²) in [6.07, 6.45) is 0. The zero-order valence-corrected chi connectivity index (χ0v) is 12.7. The van der Waals surface area contributed by atoms with E-state index in [0.717, 1.165) is 32.7 Å². The first-order valence-electron chi connectivity index (χ1n) is 7.54. The summed E-state index contributed by atoms with van der Waals surface area (Å²) in [6, 6.07) is 18.8. The Bertz CT molecular complexity index is 1080. The van der Waals surface area contributed by atoms with Crippen LogP contribution in [0.2, 0.25) is 0 Å². The van der Waals surface area contributed by atoms with Crippen LogP contribution in [0.5, 0.6) is 0 Å².